The van der Waals surface area contributed by atoms with Crippen LogP contribution < -0.4 is 0 Å². The third-order valence-corrected chi connectivity index (χ3v) is 17.5. The predicted octanol–water partition coefficient (Wildman–Crippen LogP) is 18.8. The molecule has 0 unspecified atom stereocenters. The standard InChI is InChI=1S/C70H50N6S/c1-69(2,3)41-35-36-60-49(37-41)50-38-53(70(4,5)6)62-48-27-13-20-34-61(48)77-68(62)66(50)76(60)67-64(74-56-30-16-9-23-44(56)45-24-10-17-31-57(45)74)51(39-71)63(73-54-28-14-7-21-42(54)43-22-8-15-29-55(43)73)52(40-72)65(67)75-58-32-18-11-25-46(58)47-26-12-19-33-59(47)75/h7-38H,1-6H3. The highest BCUT2D eigenvalue weighted by Crippen LogP contribution is 2.52. The molecule has 0 saturated carbocycles. The average molecular weight is 1010 g/mol. The van der Waals surface area contributed by atoms with Gasteiger partial charge in [0.25, 0.3) is 0 Å². The highest BCUT2D eigenvalue weighted by molar-refractivity contribution is 7.26. The van der Waals surface area contributed by atoms with Gasteiger partial charge in [-0.1, -0.05) is 175 Å². The second-order valence-electron chi connectivity index (χ2n) is 22.7. The summed E-state index contributed by atoms with van der Waals surface area (Å²) in [5.41, 5.74) is 13.2. The topological polar surface area (TPSA) is 67.3 Å². The first-order valence-corrected chi connectivity index (χ1v) is 27.2. The van der Waals surface area contributed by atoms with Crippen LogP contribution in [0.2, 0.25) is 0 Å². The minimum absolute atomic E-state index is 0.161. The van der Waals surface area contributed by atoms with Crippen molar-refractivity contribution in [2.45, 2.75) is 52.4 Å². The van der Waals surface area contributed by atoms with Gasteiger partial charge in [-0.25, -0.2) is 0 Å². The van der Waals surface area contributed by atoms with E-state index in [2.05, 4.69) is 266 Å². The Morgan fingerprint density at radius 3 is 1.13 bits per heavy atom. The van der Waals surface area contributed by atoms with Crippen molar-refractivity contribution in [3.63, 3.8) is 0 Å². The number of thiophene rings is 1. The summed E-state index contributed by atoms with van der Waals surface area (Å²) in [4.78, 5) is 0. The third-order valence-electron chi connectivity index (χ3n) is 16.3. The van der Waals surface area contributed by atoms with Crippen molar-refractivity contribution >= 4 is 119 Å². The summed E-state index contributed by atoms with van der Waals surface area (Å²) in [6, 6.07) is 75.2. The highest BCUT2D eigenvalue weighted by Gasteiger charge is 2.36. The van der Waals surface area contributed by atoms with E-state index in [1.165, 1.54) is 26.6 Å². The zero-order chi connectivity index (χ0) is 52.2. The quantitative estimate of drug-likeness (QED) is 0.176. The second-order valence-corrected chi connectivity index (χ2v) is 23.7. The second kappa shape index (κ2) is 16.1. The number of para-hydroxylation sites is 6. The number of nitriles is 2. The first-order chi connectivity index (χ1) is 37.5. The van der Waals surface area contributed by atoms with Crippen molar-refractivity contribution in [3.8, 4) is 34.9 Å². The molecule has 5 aromatic heterocycles. The Hall–Kier alpha value is -9.40. The fourth-order valence-corrected chi connectivity index (χ4v) is 14.2. The van der Waals surface area contributed by atoms with E-state index in [9.17, 15) is 10.5 Å². The van der Waals surface area contributed by atoms with Crippen molar-refractivity contribution in [1.82, 2.24) is 18.3 Å². The fraction of sp³-hybridized carbons (Fsp3) is 0.114. The predicted molar refractivity (Wildman–Crippen MR) is 324 cm³/mol. The molecule has 0 bridgehead atoms. The van der Waals surface area contributed by atoms with Gasteiger partial charge in [-0.3, -0.25) is 0 Å². The molecule has 15 rings (SSSR count). The van der Waals surface area contributed by atoms with E-state index in [0.717, 1.165) is 97.6 Å². The normalized spacial score (nSPS) is 12.5. The van der Waals surface area contributed by atoms with Gasteiger partial charge in [0.05, 0.1) is 71.6 Å². The lowest BCUT2D eigenvalue weighted by molar-refractivity contribution is 0.591. The summed E-state index contributed by atoms with van der Waals surface area (Å²) in [6.45, 7) is 13.8. The smallest absolute Gasteiger partial charge is 0.104 e. The van der Waals surface area contributed by atoms with Gasteiger partial charge < -0.3 is 18.3 Å². The first-order valence-electron chi connectivity index (χ1n) is 26.4. The Bertz CT molecular complexity index is 4840. The van der Waals surface area contributed by atoms with E-state index in [0.29, 0.717) is 28.2 Å². The van der Waals surface area contributed by atoms with Crippen LogP contribution in [-0.2, 0) is 10.8 Å². The minimum atomic E-state index is -0.222. The van der Waals surface area contributed by atoms with Crippen molar-refractivity contribution in [2.24, 2.45) is 0 Å². The lowest BCUT2D eigenvalue weighted by Gasteiger charge is -2.27. The van der Waals surface area contributed by atoms with Gasteiger partial charge in [-0.2, -0.15) is 10.5 Å². The number of hydrogen-bond donors (Lipinski definition) is 0. The molecule has 0 spiro atoms. The van der Waals surface area contributed by atoms with Crippen LogP contribution in [0.25, 0.3) is 130 Å². The number of aromatic nitrogens is 4. The Morgan fingerprint density at radius 1 is 0.351 bits per heavy atom. The SMILES string of the molecule is CC(C)(C)c1ccc2c(c1)c1cc(C(C)(C)C)c3c4ccccc4sc3c1n2-c1c(-n2c3ccccc3c3ccccc32)c(C#N)c(-n2c3ccccc3c3ccccc32)c(C#N)c1-n1c2ccccc2c2ccccc21. The Labute approximate surface area is 448 Å². The van der Waals surface area contributed by atoms with Crippen molar-refractivity contribution in [2.75, 3.05) is 0 Å². The van der Waals surface area contributed by atoms with Crippen LogP contribution in [0, 0.1) is 22.7 Å². The van der Waals surface area contributed by atoms with Crippen LogP contribution in [0.1, 0.15) is 63.8 Å². The third kappa shape index (κ3) is 6.15. The molecule has 0 amide bonds. The Kier molecular flexibility index (Phi) is 9.39. The molecule has 0 N–H and O–H groups in total. The molecular weight excluding hydrogens is 957 g/mol. The number of fused-ring (bicyclic) bond motifs is 16. The maximum atomic E-state index is 12.6. The number of rotatable bonds is 4. The monoisotopic (exact) mass is 1010 g/mol. The zero-order valence-electron chi connectivity index (χ0n) is 43.6. The Balaban J connectivity index is 1.31. The highest BCUT2D eigenvalue weighted by atomic mass is 32.1. The van der Waals surface area contributed by atoms with Gasteiger partial charge in [0.2, 0.25) is 0 Å². The molecule has 5 heterocycles. The summed E-state index contributed by atoms with van der Waals surface area (Å²) in [5, 5.41) is 36.3. The van der Waals surface area contributed by atoms with Crippen LogP contribution in [0.15, 0.2) is 194 Å². The van der Waals surface area contributed by atoms with Crippen LogP contribution in [0.5, 0.6) is 0 Å². The maximum Gasteiger partial charge on any atom is 0.104 e. The Morgan fingerprint density at radius 2 is 0.727 bits per heavy atom. The molecule has 77 heavy (non-hydrogen) atoms. The molecule has 0 aliphatic heterocycles. The van der Waals surface area contributed by atoms with Crippen LogP contribution in [-0.4, -0.2) is 18.3 Å². The first kappa shape index (κ1) is 45.0. The molecule has 6 nitrogen and oxygen atoms in total. The van der Waals surface area contributed by atoms with Gasteiger partial charge in [0.15, 0.2) is 0 Å². The van der Waals surface area contributed by atoms with Gasteiger partial charge in [0, 0.05) is 58.6 Å². The zero-order valence-corrected chi connectivity index (χ0v) is 44.4. The lowest BCUT2D eigenvalue weighted by Crippen LogP contribution is -2.17. The van der Waals surface area contributed by atoms with Gasteiger partial charge in [-0.15, -0.1) is 11.3 Å². The molecule has 0 fully saturated rings. The van der Waals surface area contributed by atoms with Gasteiger partial charge >= 0.3 is 0 Å². The molecule has 15 aromatic rings. The van der Waals surface area contributed by atoms with Gasteiger partial charge in [0.1, 0.15) is 23.3 Å². The number of hydrogen-bond acceptors (Lipinski definition) is 3. The summed E-state index contributed by atoms with van der Waals surface area (Å²) < 4.78 is 11.7. The van der Waals surface area contributed by atoms with Gasteiger partial charge in [-0.05, 0) is 82.6 Å². The number of nitrogens with zero attached hydrogens (tertiary/aromatic N) is 6. The van der Waals surface area contributed by atoms with E-state index in [1.54, 1.807) is 0 Å². The van der Waals surface area contributed by atoms with Crippen molar-refractivity contribution in [3.05, 3.63) is 216 Å². The van der Waals surface area contributed by atoms with E-state index < -0.39 is 0 Å². The molecule has 0 aliphatic carbocycles. The molecular formula is C70H50N6S. The molecule has 366 valence electrons. The lowest BCUT2D eigenvalue weighted by atomic mass is 9.82. The minimum Gasteiger partial charge on any atom is -0.306 e. The summed E-state index contributed by atoms with van der Waals surface area (Å²) in [6.07, 6.45) is 0. The van der Waals surface area contributed by atoms with E-state index in [4.69, 9.17) is 0 Å². The van der Waals surface area contributed by atoms with Crippen LogP contribution >= 0.6 is 11.3 Å². The molecule has 0 aliphatic rings. The van der Waals surface area contributed by atoms with E-state index in [-0.39, 0.29) is 10.8 Å². The summed E-state index contributed by atoms with van der Waals surface area (Å²) in [7, 11) is 0. The largest absolute Gasteiger partial charge is 0.306 e. The molecule has 0 radical (unpaired) electrons. The number of benzene rings is 10. The fourth-order valence-electron chi connectivity index (χ4n) is 12.9. The maximum absolute atomic E-state index is 12.6. The summed E-state index contributed by atoms with van der Waals surface area (Å²) >= 11 is 1.83. The van der Waals surface area contributed by atoms with Crippen molar-refractivity contribution in [1.29, 1.82) is 10.5 Å². The molecule has 7 heteroatoms. The van der Waals surface area contributed by atoms with Crippen molar-refractivity contribution < 1.29 is 0 Å². The van der Waals surface area contributed by atoms with E-state index in [1.807, 2.05) is 11.3 Å². The average Bonchev–Trinajstić information content (AvgIpc) is 4.32. The van der Waals surface area contributed by atoms with Crippen LogP contribution in [0.4, 0.5) is 0 Å². The van der Waals surface area contributed by atoms with E-state index >= 15 is 0 Å². The van der Waals surface area contributed by atoms with Crippen LogP contribution in [0.3, 0.4) is 0 Å². The summed E-state index contributed by atoms with van der Waals surface area (Å²) in [5.74, 6) is 0. The molecule has 0 atom stereocenters. The molecule has 0 saturated heterocycles. The molecule has 10 aromatic carbocycles.